The van der Waals surface area contributed by atoms with E-state index in [-0.39, 0.29) is 17.6 Å². The second kappa shape index (κ2) is 7.91. The van der Waals surface area contributed by atoms with Crippen LogP contribution in [0.5, 0.6) is 0 Å². The minimum Gasteiger partial charge on any atom is -0.379 e. The van der Waals surface area contributed by atoms with Gasteiger partial charge in [-0.2, -0.15) is 0 Å². The average Bonchev–Trinajstić information content (AvgIpc) is 3.04. The molecule has 1 saturated heterocycles. The molecule has 3 rings (SSSR count). The molecule has 25 heavy (non-hydrogen) atoms. The van der Waals surface area contributed by atoms with E-state index >= 15 is 0 Å². The minimum absolute atomic E-state index is 0.0733. The van der Waals surface area contributed by atoms with Crippen molar-refractivity contribution in [2.45, 2.75) is 6.92 Å². The molecule has 0 saturated carbocycles. The topological polar surface area (TPSA) is 96.7 Å². The number of ether oxygens (including phenoxy) is 1. The average molecular weight is 344 g/mol. The Bertz CT molecular complexity index is 735. The normalized spacial score (nSPS) is 14.9. The Morgan fingerprint density at radius 2 is 1.76 bits per heavy atom. The van der Waals surface area contributed by atoms with E-state index < -0.39 is 0 Å². The van der Waals surface area contributed by atoms with Gasteiger partial charge in [0.25, 0.3) is 5.91 Å². The highest BCUT2D eigenvalue weighted by Gasteiger charge is 2.14. The van der Waals surface area contributed by atoms with Crippen molar-refractivity contribution in [2.24, 2.45) is 0 Å². The summed E-state index contributed by atoms with van der Waals surface area (Å²) in [5, 5.41) is 9.23. The Morgan fingerprint density at radius 3 is 2.36 bits per heavy atom. The lowest BCUT2D eigenvalue weighted by Gasteiger charge is -2.25. The Balaban J connectivity index is 1.51. The number of carbonyl (C=O) groups is 2. The van der Waals surface area contributed by atoms with E-state index in [0.29, 0.717) is 36.8 Å². The molecule has 0 spiro atoms. The van der Waals surface area contributed by atoms with Crippen LogP contribution in [-0.2, 0) is 9.53 Å². The number of benzene rings is 1. The monoisotopic (exact) mass is 344 g/mol. The molecule has 2 amide bonds. The van der Waals surface area contributed by atoms with Crippen molar-refractivity contribution in [3.8, 4) is 0 Å². The number of anilines is 2. The number of rotatable bonds is 5. The molecular formula is C17H20N4O4. The second-order valence-electron chi connectivity index (χ2n) is 5.80. The molecule has 1 aliphatic rings. The van der Waals surface area contributed by atoms with Gasteiger partial charge in [0.15, 0.2) is 0 Å². The zero-order valence-corrected chi connectivity index (χ0v) is 13.9. The summed E-state index contributed by atoms with van der Waals surface area (Å²) >= 11 is 0. The lowest BCUT2D eigenvalue weighted by Crippen LogP contribution is -2.41. The third kappa shape index (κ3) is 4.88. The first-order valence-corrected chi connectivity index (χ1v) is 8.05. The van der Waals surface area contributed by atoms with Crippen LogP contribution in [0.2, 0.25) is 0 Å². The van der Waals surface area contributed by atoms with Gasteiger partial charge in [0.1, 0.15) is 0 Å². The van der Waals surface area contributed by atoms with Crippen LogP contribution in [-0.4, -0.2) is 54.7 Å². The number of aromatic nitrogens is 1. The number of morpholine rings is 1. The largest absolute Gasteiger partial charge is 0.379 e. The quantitative estimate of drug-likeness (QED) is 0.853. The van der Waals surface area contributed by atoms with Crippen LogP contribution in [0, 0.1) is 6.92 Å². The van der Waals surface area contributed by atoms with Gasteiger partial charge in [-0.25, -0.2) is 0 Å². The SMILES string of the molecule is Cc1cc(C(=O)Nc2ccc(NC(=O)CN3CCOCC3)cc2)on1. The van der Waals surface area contributed by atoms with Gasteiger partial charge in [-0.05, 0) is 31.2 Å². The van der Waals surface area contributed by atoms with Gasteiger partial charge in [0, 0.05) is 30.5 Å². The number of nitrogens with zero attached hydrogens (tertiary/aromatic N) is 2. The van der Waals surface area contributed by atoms with Gasteiger partial charge in [-0.15, -0.1) is 0 Å². The molecule has 8 nitrogen and oxygen atoms in total. The Kier molecular flexibility index (Phi) is 5.42. The van der Waals surface area contributed by atoms with Crippen LogP contribution in [0.3, 0.4) is 0 Å². The Hall–Kier alpha value is -2.71. The number of carbonyl (C=O) groups excluding carboxylic acids is 2. The maximum atomic E-state index is 12.0. The molecule has 0 atom stereocenters. The zero-order chi connectivity index (χ0) is 17.6. The highest BCUT2D eigenvalue weighted by atomic mass is 16.5. The predicted molar refractivity (Wildman–Crippen MR) is 91.5 cm³/mol. The smallest absolute Gasteiger partial charge is 0.294 e. The van der Waals surface area contributed by atoms with E-state index in [1.807, 2.05) is 4.90 Å². The van der Waals surface area contributed by atoms with Crippen LogP contribution in [0.4, 0.5) is 11.4 Å². The van der Waals surface area contributed by atoms with E-state index in [1.165, 1.54) is 0 Å². The van der Waals surface area contributed by atoms with Crippen molar-refractivity contribution in [2.75, 3.05) is 43.5 Å². The predicted octanol–water partition coefficient (Wildman–Crippen LogP) is 1.51. The number of amides is 2. The minimum atomic E-state index is -0.371. The summed E-state index contributed by atoms with van der Waals surface area (Å²) in [6.07, 6.45) is 0. The molecule has 0 bridgehead atoms. The third-order valence-corrected chi connectivity index (χ3v) is 3.75. The molecule has 1 aliphatic heterocycles. The number of aryl methyl sites for hydroxylation is 1. The zero-order valence-electron chi connectivity index (χ0n) is 13.9. The molecule has 1 aromatic heterocycles. The lowest BCUT2D eigenvalue weighted by molar-refractivity contribution is -0.118. The first kappa shape index (κ1) is 17.1. The second-order valence-corrected chi connectivity index (χ2v) is 5.80. The number of hydrogen-bond acceptors (Lipinski definition) is 6. The maximum Gasteiger partial charge on any atom is 0.294 e. The maximum absolute atomic E-state index is 12.0. The van der Waals surface area contributed by atoms with E-state index in [2.05, 4.69) is 15.8 Å². The van der Waals surface area contributed by atoms with Crippen molar-refractivity contribution >= 4 is 23.2 Å². The fourth-order valence-corrected chi connectivity index (χ4v) is 2.46. The summed E-state index contributed by atoms with van der Waals surface area (Å²) < 4.78 is 10.2. The van der Waals surface area contributed by atoms with Crippen molar-refractivity contribution in [3.63, 3.8) is 0 Å². The van der Waals surface area contributed by atoms with E-state index in [1.54, 1.807) is 37.3 Å². The molecule has 132 valence electrons. The molecule has 8 heteroatoms. The summed E-state index contributed by atoms with van der Waals surface area (Å²) in [5.41, 5.74) is 1.92. The van der Waals surface area contributed by atoms with Gasteiger partial charge in [-0.1, -0.05) is 5.16 Å². The lowest BCUT2D eigenvalue weighted by atomic mass is 10.2. The summed E-state index contributed by atoms with van der Waals surface area (Å²) in [5.74, 6) is -0.291. The number of hydrogen-bond donors (Lipinski definition) is 2. The standard InChI is InChI=1S/C17H20N4O4/c1-12-10-15(25-20-12)17(23)19-14-4-2-13(3-5-14)18-16(22)11-21-6-8-24-9-7-21/h2-5,10H,6-9,11H2,1H3,(H,18,22)(H,19,23). The van der Waals surface area contributed by atoms with Gasteiger partial charge in [0.05, 0.1) is 25.5 Å². The molecule has 2 aromatic rings. The molecule has 0 radical (unpaired) electrons. The highest BCUT2D eigenvalue weighted by molar-refractivity contribution is 6.02. The third-order valence-electron chi connectivity index (χ3n) is 3.75. The van der Waals surface area contributed by atoms with Gasteiger partial charge in [0.2, 0.25) is 11.7 Å². The fourth-order valence-electron chi connectivity index (χ4n) is 2.46. The van der Waals surface area contributed by atoms with Gasteiger partial charge in [-0.3, -0.25) is 14.5 Å². The van der Waals surface area contributed by atoms with Gasteiger partial charge < -0.3 is 19.9 Å². The van der Waals surface area contributed by atoms with Crippen molar-refractivity contribution in [1.29, 1.82) is 0 Å². The summed E-state index contributed by atoms with van der Waals surface area (Å²) in [6.45, 7) is 4.93. The van der Waals surface area contributed by atoms with Crippen LogP contribution in [0.1, 0.15) is 16.2 Å². The van der Waals surface area contributed by atoms with E-state index in [9.17, 15) is 9.59 Å². The van der Waals surface area contributed by atoms with Crippen LogP contribution >= 0.6 is 0 Å². The summed E-state index contributed by atoms with van der Waals surface area (Å²) in [4.78, 5) is 26.1. The number of nitrogens with one attached hydrogen (secondary N) is 2. The first-order valence-electron chi connectivity index (χ1n) is 8.05. The van der Waals surface area contributed by atoms with Crippen molar-refractivity contribution in [3.05, 3.63) is 41.8 Å². The highest BCUT2D eigenvalue weighted by Crippen LogP contribution is 2.15. The fraction of sp³-hybridized carbons (Fsp3) is 0.353. The van der Waals surface area contributed by atoms with E-state index in [0.717, 1.165) is 13.1 Å². The first-order chi connectivity index (χ1) is 12.1. The molecule has 1 fully saturated rings. The van der Waals surface area contributed by atoms with Gasteiger partial charge >= 0.3 is 0 Å². The van der Waals surface area contributed by atoms with Crippen molar-refractivity contribution in [1.82, 2.24) is 10.1 Å². The molecule has 2 N–H and O–H groups in total. The van der Waals surface area contributed by atoms with E-state index in [4.69, 9.17) is 9.26 Å². The summed E-state index contributed by atoms with van der Waals surface area (Å²) in [7, 11) is 0. The molecule has 0 unspecified atom stereocenters. The molecule has 1 aromatic carbocycles. The van der Waals surface area contributed by atoms with Crippen molar-refractivity contribution < 1.29 is 18.8 Å². The van der Waals surface area contributed by atoms with Crippen LogP contribution in [0.15, 0.2) is 34.9 Å². The van der Waals surface area contributed by atoms with Crippen LogP contribution < -0.4 is 10.6 Å². The van der Waals surface area contributed by atoms with Crippen LogP contribution in [0.25, 0.3) is 0 Å². The Morgan fingerprint density at radius 1 is 1.12 bits per heavy atom. The summed E-state index contributed by atoms with van der Waals surface area (Å²) in [6, 6.07) is 8.46. The molecule has 0 aliphatic carbocycles. The molecular weight excluding hydrogens is 324 g/mol. The Labute approximate surface area is 145 Å². The molecule has 2 heterocycles.